The number of aliphatic hydroxyl groups is 1. The molecule has 0 bridgehead atoms. The van der Waals surface area contributed by atoms with Crippen molar-refractivity contribution in [3.8, 4) is 0 Å². The number of rotatable bonds is 2. The van der Waals surface area contributed by atoms with Gasteiger partial charge in [-0.15, -0.1) is 11.7 Å². The summed E-state index contributed by atoms with van der Waals surface area (Å²) in [7, 11) is 1.54. The van der Waals surface area contributed by atoms with Crippen molar-refractivity contribution >= 4 is 22.5 Å². The lowest BCUT2D eigenvalue weighted by molar-refractivity contribution is 0.193. The summed E-state index contributed by atoms with van der Waals surface area (Å²) in [5.41, 5.74) is 0. The highest BCUT2D eigenvalue weighted by atomic mass is 33.1. The molecule has 3 atom stereocenters. The topological polar surface area (TPSA) is 32.3 Å². The van der Waals surface area contributed by atoms with Gasteiger partial charge in [-0.1, -0.05) is 17.7 Å². The van der Waals surface area contributed by atoms with Crippen LogP contribution in [0.25, 0.3) is 0 Å². The molecule has 0 aliphatic carbocycles. The number of β-amino-alcohol motifs (C(OH)–C–C–N with tert-alkyl or cyclic N) is 1. The Labute approximate surface area is 70.6 Å². The molecule has 60 valence electrons. The Kier molecular flexibility index (Phi) is 3.36. The van der Waals surface area contributed by atoms with Crippen LogP contribution in [0.3, 0.4) is 0 Å². The van der Waals surface area contributed by atoms with Crippen molar-refractivity contribution < 1.29 is 5.11 Å². The van der Waals surface area contributed by atoms with Gasteiger partial charge < -0.3 is 10.4 Å². The average molecular weight is 179 g/mol. The summed E-state index contributed by atoms with van der Waals surface area (Å²) in [5, 5.41) is 12.9. The Morgan fingerprint density at radius 3 is 2.90 bits per heavy atom. The van der Waals surface area contributed by atoms with Crippen LogP contribution >= 0.6 is 22.5 Å². The zero-order valence-electron chi connectivity index (χ0n) is 5.95. The van der Waals surface area contributed by atoms with Crippen LogP contribution in [0.4, 0.5) is 0 Å². The lowest BCUT2D eigenvalue weighted by Gasteiger charge is -2.15. The fourth-order valence-electron chi connectivity index (χ4n) is 1.18. The third-order valence-corrected chi connectivity index (χ3v) is 3.53. The number of aliphatic hydroxyl groups excluding tert-OH is 1. The molecule has 0 spiro atoms. The molecule has 1 fully saturated rings. The quantitative estimate of drug-likeness (QED) is 0.430. The Morgan fingerprint density at radius 1 is 1.80 bits per heavy atom. The van der Waals surface area contributed by atoms with E-state index < -0.39 is 0 Å². The molecule has 1 unspecified atom stereocenters. The molecular weight excluding hydrogens is 166 g/mol. The molecule has 0 amide bonds. The van der Waals surface area contributed by atoms with Gasteiger partial charge in [0.05, 0.1) is 6.10 Å². The van der Waals surface area contributed by atoms with Gasteiger partial charge in [-0.25, -0.2) is 0 Å². The number of hydrogen-bond donors (Lipinski definition) is 3. The summed E-state index contributed by atoms with van der Waals surface area (Å²) >= 11 is 4.12. The minimum atomic E-state index is -0.145. The predicted molar refractivity (Wildman–Crippen MR) is 48.5 cm³/mol. The van der Waals surface area contributed by atoms with Crippen molar-refractivity contribution in [2.24, 2.45) is 0 Å². The molecule has 0 aromatic rings. The first kappa shape index (κ1) is 8.71. The van der Waals surface area contributed by atoms with E-state index >= 15 is 0 Å². The van der Waals surface area contributed by atoms with Crippen LogP contribution < -0.4 is 5.32 Å². The van der Waals surface area contributed by atoms with Gasteiger partial charge in [0, 0.05) is 17.8 Å². The van der Waals surface area contributed by atoms with Crippen LogP contribution in [0.5, 0.6) is 0 Å². The van der Waals surface area contributed by atoms with E-state index in [4.69, 9.17) is 5.11 Å². The van der Waals surface area contributed by atoms with E-state index in [1.807, 2.05) is 0 Å². The second kappa shape index (κ2) is 3.85. The third kappa shape index (κ3) is 2.05. The maximum Gasteiger partial charge on any atom is 0.0679 e. The maximum atomic E-state index is 9.15. The number of hydrogen-bond acceptors (Lipinski definition) is 4. The molecule has 1 aliphatic heterocycles. The van der Waals surface area contributed by atoms with Crippen molar-refractivity contribution in [1.29, 1.82) is 0 Å². The summed E-state index contributed by atoms with van der Waals surface area (Å²) in [6, 6.07) is 0.442. The molecule has 4 heteroatoms. The van der Waals surface area contributed by atoms with Crippen molar-refractivity contribution in [2.75, 3.05) is 6.54 Å². The van der Waals surface area contributed by atoms with Gasteiger partial charge in [-0.05, 0) is 6.42 Å². The summed E-state index contributed by atoms with van der Waals surface area (Å²) < 4.78 is 0. The first-order chi connectivity index (χ1) is 4.74. The molecule has 1 rings (SSSR count). The van der Waals surface area contributed by atoms with Crippen molar-refractivity contribution in [3.05, 3.63) is 0 Å². The van der Waals surface area contributed by atoms with Gasteiger partial charge in [0.1, 0.15) is 0 Å². The van der Waals surface area contributed by atoms with Gasteiger partial charge in [0.2, 0.25) is 0 Å². The molecule has 2 nitrogen and oxygen atoms in total. The smallest absolute Gasteiger partial charge is 0.0679 e. The summed E-state index contributed by atoms with van der Waals surface area (Å²) in [5.74, 6) is 0. The van der Waals surface area contributed by atoms with Gasteiger partial charge in [0.25, 0.3) is 0 Å². The summed E-state index contributed by atoms with van der Waals surface area (Å²) in [6.45, 7) is 2.86. The van der Waals surface area contributed by atoms with E-state index in [9.17, 15) is 0 Å². The van der Waals surface area contributed by atoms with Crippen molar-refractivity contribution in [1.82, 2.24) is 5.32 Å². The molecule has 1 aliphatic rings. The number of nitrogens with one attached hydrogen (secondary N) is 1. The molecule has 0 radical (unpaired) electrons. The molecule has 10 heavy (non-hydrogen) atoms. The van der Waals surface area contributed by atoms with Gasteiger partial charge in [-0.2, -0.15) is 0 Å². The first-order valence-electron chi connectivity index (χ1n) is 3.45. The Balaban J connectivity index is 2.29. The van der Waals surface area contributed by atoms with E-state index in [2.05, 4.69) is 23.9 Å². The normalized spacial score (nSPS) is 36.3. The molecule has 0 saturated carbocycles. The van der Waals surface area contributed by atoms with Crippen LogP contribution in [0.2, 0.25) is 0 Å². The predicted octanol–water partition coefficient (Wildman–Crippen LogP) is 0.676. The van der Waals surface area contributed by atoms with Crippen LogP contribution in [-0.2, 0) is 0 Å². The van der Waals surface area contributed by atoms with E-state index in [1.54, 1.807) is 10.8 Å². The largest absolute Gasteiger partial charge is 0.392 e. The Morgan fingerprint density at radius 2 is 2.50 bits per heavy atom. The minimum Gasteiger partial charge on any atom is -0.392 e. The fraction of sp³-hybridized carbons (Fsp3) is 1.00. The Bertz CT molecular complexity index is 112. The molecule has 1 saturated heterocycles. The van der Waals surface area contributed by atoms with Crippen LogP contribution in [0.15, 0.2) is 0 Å². The first-order valence-corrected chi connectivity index (χ1v) is 5.39. The molecule has 2 N–H and O–H groups in total. The molecular formula is C6H13NOS2. The van der Waals surface area contributed by atoms with Crippen molar-refractivity contribution in [2.45, 2.75) is 30.7 Å². The highest BCUT2D eigenvalue weighted by Crippen LogP contribution is 2.22. The SMILES string of the molecule is CC(SS)[C@@H]1C[C@@H](O)CN1. The number of thiol groups is 1. The van der Waals surface area contributed by atoms with Crippen LogP contribution in [0.1, 0.15) is 13.3 Å². The van der Waals surface area contributed by atoms with Crippen molar-refractivity contribution in [3.63, 3.8) is 0 Å². The van der Waals surface area contributed by atoms with E-state index in [1.165, 1.54) is 0 Å². The molecule has 0 aromatic carbocycles. The second-order valence-electron chi connectivity index (χ2n) is 2.71. The van der Waals surface area contributed by atoms with Gasteiger partial charge in [0.15, 0.2) is 0 Å². The van der Waals surface area contributed by atoms with Gasteiger partial charge >= 0.3 is 0 Å². The molecule has 0 aromatic heterocycles. The minimum absolute atomic E-state index is 0.145. The lowest BCUT2D eigenvalue weighted by Crippen LogP contribution is -2.29. The van der Waals surface area contributed by atoms with Gasteiger partial charge in [-0.3, -0.25) is 0 Å². The zero-order valence-corrected chi connectivity index (χ0v) is 7.66. The zero-order chi connectivity index (χ0) is 7.56. The van der Waals surface area contributed by atoms with Crippen LogP contribution in [-0.4, -0.2) is 29.0 Å². The van der Waals surface area contributed by atoms with E-state index in [-0.39, 0.29) is 6.10 Å². The fourth-order valence-corrected chi connectivity index (χ4v) is 1.97. The molecule has 1 heterocycles. The standard InChI is InChI=1S/C6H13NOS2/c1-4(10-9)6-2-5(8)3-7-6/h4-9H,2-3H2,1H3/t4?,5-,6+/m1/s1. The highest BCUT2D eigenvalue weighted by Gasteiger charge is 2.26. The van der Waals surface area contributed by atoms with Crippen LogP contribution in [0, 0.1) is 0 Å². The summed E-state index contributed by atoms with van der Waals surface area (Å²) in [4.78, 5) is 0. The van der Waals surface area contributed by atoms with E-state index in [0.29, 0.717) is 11.3 Å². The Hall–Kier alpha value is 0.620. The second-order valence-corrected chi connectivity index (χ2v) is 4.30. The summed E-state index contributed by atoms with van der Waals surface area (Å²) in [6.07, 6.45) is 0.724. The monoisotopic (exact) mass is 179 g/mol. The highest BCUT2D eigenvalue weighted by molar-refractivity contribution is 8.68. The van der Waals surface area contributed by atoms with E-state index in [0.717, 1.165) is 13.0 Å². The maximum absolute atomic E-state index is 9.15. The lowest BCUT2D eigenvalue weighted by atomic mass is 10.1. The third-order valence-electron chi connectivity index (χ3n) is 1.87. The average Bonchev–Trinajstić information content (AvgIpc) is 2.34.